The molecule has 23 heavy (non-hydrogen) atoms. The van der Waals surface area contributed by atoms with E-state index < -0.39 is 27.4 Å². The fourth-order valence-electron chi connectivity index (χ4n) is 2.58. The van der Waals surface area contributed by atoms with Crippen LogP contribution in [-0.2, 0) is 19.6 Å². The number of benzene rings is 1. The van der Waals surface area contributed by atoms with Gasteiger partial charge in [0.25, 0.3) is 0 Å². The molecule has 0 unspecified atom stereocenters. The minimum atomic E-state index is -3.94. The second-order valence-corrected chi connectivity index (χ2v) is 7.18. The fourth-order valence-corrected chi connectivity index (χ4v) is 4.42. The zero-order valence-corrected chi connectivity index (χ0v) is 13.9. The van der Waals surface area contributed by atoms with Crippen LogP contribution in [-0.4, -0.2) is 43.3 Å². The van der Waals surface area contributed by atoms with Gasteiger partial charge < -0.3 is 10.5 Å². The van der Waals surface area contributed by atoms with E-state index in [-0.39, 0.29) is 23.6 Å². The third kappa shape index (κ3) is 3.09. The van der Waals surface area contributed by atoms with Gasteiger partial charge in [-0.1, -0.05) is 13.0 Å². The number of amides is 1. The number of primary amides is 1. The van der Waals surface area contributed by atoms with Crippen LogP contribution in [0.4, 0.5) is 0 Å². The highest BCUT2D eigenvalue weighted by Gasteiger charge is 2.59. The van der Waals surface area contributed by atoms with Crippen LogP contribution in [0.25, 0.3) is 0 Å². The van der Waals surface area contributed by atoms with Gasteiger partial charge in [0.1, 0.15) is 5.54 Å². The van der Waals surface area contributed by atoms with Gasteiger partial charge >= 0.3 is 5.97 Å². The van der Waals surface area contributed by atoms with Gasteiger partial charge in [-0.05, 0) is 38.0 Å². The minimum Gasteiger partial charge on any atom is -0.465 e. The van der Waals surface area contributed by atoms with Gasteiger partial charge in [0.05, 0.1) is 11.5 Å². The first-order valence-corrected chi connectivity index (χ1v) is 8.83. The molecule has 0 spiro atoms. The number of hydrogen-bond acceptors (Lipinski definition) is 5. The summed E-state index contributed by atoms with van der Waals surface area (Å²) in [5.41, 5.74) is 4.17. The molecule has 0 atom stereocenters. The van der Waals surface area contributed by atoms with E-state index in [0.717, 1.165) is 4.31 Å². The number of rotatable bonds is 7. The molecule has 2 rings (SSSR count). The Morgan fingerprint density at radius 3 is 2.43 bits per heavy atom. The highest BCUT2D eigenvalue weighted by molar-refractivity contribution is 7.89. The van der Waals surface area contributed by atoms with E-state index >= 15 is 0 Å². The van der Waals surface area contributed by atoms with Crippen LogP contribution in [0.15, 0.2) is 29.2 Å². The van der Waals surface area contributed by atoms with Crippen molar-refractivity contribution in [2.75, 3.05) is 13.2 Å². The van der Waals surface area contributed by atoms with Crippen LogP contribution in [0.2, 0.25) is 0 Å². The number of carbonyl (C=O) groups is 2. The van der Waals surface area contributed by atoms with Crippen LogP contribution in [0, 0.1) is 0 Å². The molecule has 7 nitrogen and oxygen atoms in total. The Morgan fingerprint density at radius 2 is 1.96 bits per heavy atom. The van der Waals surface area contributed by atoms with Crippen LogP contribution in [0.1, 0.15) is 37.0 Å². The summed E-state index contributed by atoms with van der Waals surface area (Å²) in [6.45, 7) is 3.65. The largest absolute Gasteiger partial charge is 0.465 e. The molecule has 1 fully saturated rings. The first-order chi connectivity index (χ1) is 10.8. The average molecular weight is 340 g/mol. The molecule has 0 heterocycles. The Labute approximate surface area is 135 Å². The molecule has 0 aliphatic heterocycles. The molecule has 0 bridgehead atoms. The summed E-state index contributed by atoms with van der Waals surface area (Å²) in [5, 5.41) is 0. The molecule has 1 aliphatic rings. The van der Waals surface area contributed by atoms with Crippen LogP contribution < -0.4 is 5.73 Å². The minimum absolute atomic E-state index is 0.0637. The van der Waals surface area contributed by atoms with Gasteiger partial charge in [0, 0.05) is 12.1 Å². The lowest BCUT2D eigenvalue weighted by molar-refractivity contribution is -0.149. The molecule has 126 valence electrons. The van der Waals surface area contributed by atoms with Crippen molar-refractivity contribution in [1.82, 2.24) is 4.31 Å². The topological polar surface area (TPSA) is 107 Å². The van der Waals surface area contributed by atoms with E-state index in [1.165, 1.54) is 24.3 Å². The zero-order valence-electron chi connectivity index (χ0n) is 13.1. The van der Waals surface area contributed by atoms with Gasteiger partial charge in [-0.25, -0.2) is 8.42 Å². The average Bonchev–Trinajstić information content (AvgIpc) is 3.29. The quantitative estimate of drug-likeness (QED) is 0.742. The van der Waals surface area contributed by atoms with Gasteiger partial charge in [0.15, 0.2) is 0 Å². The molecule has 0 radical (unpaired) electrons. The molecule has 0 saturated heterocycles. The third-order valence-corrected chi connectivity index (χ3v) is 5.89. The normalized spacial score (nSPS) is 16.1. The maximum atomic E-state index is 12.9. The summed E-state index contributed by atoms with van der Waals surface area (Å²) in [6.07, 6.45) is 0.850. The van der Waals surface area contributed by atoms with E-state index in [0.29, 0.717) is 12.8 Å². The summed E-state index contributed by atoms with van der Waals surface area (Å²) in [5.74, 6) is -1.24. The highest BCUT2D eigenvalue weighted by Crippen LogP contribution is 2.45. The van der Waals surface area contributed by atoms with Crippen molar-refractivity contribution in [2.45, 2.75) is 37.1 Å². The van der Waals surface area contributed by atoms with Crippen molar-refractivity contribution in [3.8, 4) is 0 Å². The van der Waals surface area contributed by atoms with Crippen molar-refractivity contribution in [2.24, 2.45) is 5.73 Å². The number of hydrogen-bond donors (Lipinski definition) is 1. The van der Waals surface area contributed by atoms with Gasteiger partial charge in [-0.3, -0.25) is 9.59 Å². The molecular weight excluding hydrogens is 320 g/mol. The van der Waals surface area contributed by atoms with Crippen molar-refractivity contribution in [3.63, 3.8) is 0 Å². The van der Waals surface area contributed by atoms with E-state index in [9.17, 15) is 18.0 Å². The zero-order chi connectivity index (χ0) is 17.3. The van der Waals surface area contributed by atoms with Gasteiger partial charge in [-0.2, -0.15) is 4.31 Å². The second-order valence-electron chi connectivity index (χ2n) is 5.31. The smallest absolute Gasteiger partial charge is 0.327 e. The maximum absolute atomic E-state index is 12.9. The van der Waals surface area contributed by atoms with E-state index in [4.69, 9.17) is 10.5 Å². The number of nitrogens with two attached hydrogens (primary N) is 1. The number of likely N-dealkylation sites (N-methyl/N-ethyl adjacent to an activating group) is 1. The molecule has 1 aliphatic carbocycles. The van der Waals surface area contributed by atoms with Crippen LogP contribution in [0.5, 0.6) is 0 Å². The summed E-state index contributed by atoms with van der Waals surface area (Å²) in [4.78, 5) is 23.4. The van der Waals surface area contributed by atoms with Crippen molar-refractivity contribution in [1.29, 1.82) is 0 Å². The number of sulfonamides is 1. The molecule has 1 aromatic rings. The molecular formula is C15H20N2O5S. The molecule has 8 heteroatoms. The lowest BCUT2D eigenvalue weighted by Crippen LogP contribution is -2.47. The first-order valence-electron chi connectivity index (χ1n) is 7.39. The molecule has 2 N–H and O–H groups in total. The van der Waals surface area contributed by atoms with Crippen LogP contribution >= 0.6 is 0 Å². The predicted octanol–water partition coefficient (Wildman–Crippen LogP) is 0.892. The van der Waals surface area contributed by atoms with Crippen molar-refractivity contribution in [3.05, 3.63) is 29.8 Å². The number of esters is 1. The standard InChI is InChI=1S/C15H20N2O5S/c1-3-17(15(8-9-15)14(19)22-4-2)23(20,21)12-7-5-6-11(10-12)13(16)18/h5-7,10H,3-4,8-9H2,1-2H3,(H2,16,18). The Kier molecular flexibility index (Phi) is 4.76. The maximum Gasteiger partial charge on any atom is 0.327 e. The Hall–Kier alpha value is -1.93. The molecule has 0 aromatic heterocycles. The monoisotopic (exact) mass is 340 g/mol. The van der Waals surface area contributed by atoms with Crippen molar-refractivity contribution < 1.29 is 22.7 Å². The Morgan fingerprint density at radius 1 is 1.30 bits per heavy atom. The SMILES string of the molecule is CCOC(=O)C1(N(CC)S(=O)(=O)c2cccc(C(N)=O)c2)CC1. The fraction of sp³-hybridized carbons (Fsp3) is 0.467. The first kappa shape index (κ1) is 17.4. The number of ether oxygens (including phenoxy) is 1. The molecule has 1 aromatic carbocycles. The summed E-state index contributed by atoms with van der Waals surface area (Å²) < 4.78 is 32.0. The van der Waals surface area contributed by atoms with E-state index in [1.807, 2.05) is 0 Å². The number of carbonyl (C=O) groups excluding carboxylic acids is 2. The Balaban J connectivity index is 2.43. The summed E-state index contributed by atoms with van der Waals surface area (Å²) >= 11 is 0. The second kappa shape index (κ2) is 6.29. The van der Waals surface area contributed by atoms with E-state index in [1.54, 1.807) is 13.8 Å². The van der Waals surface area contributed by atoms with Crippen LogP contribution in [0.3, 0.4) is 0 Å². The summed E-state index contributed by atoms with van der Waals surface area (Å²) in [6, 6.07) is 5.49. The number of nitrogens with zero attached hydrogens (tertiary/aromatic N) is 1. The third-order valence-electron chi connectivity index (χ3n) is 3.85. The van der Waals surface area contributed by atoms with Gasteiger partial charge in [0.2, 0.25) is 15.9 Å². The lowest BCUT2D eigenvalue weighted by Gasteiger charge is -2.28. The summed E-state index contributed by atoms with van der Waals surface area (Å²) in [7, 11) is -3.94. The Bertz CT molecular complexity index is 725. The lowest BCUT2D eigenvalue weighted by atomic mass is 10.2. The predicted molar refractivity (Wildman–Crippen MR) is 83.1 cm³/mol. The van der Waals surface area contributed by atoms with Crippen molar-refractivity contribution >= 4 is 21.9 Å². The molecule has 1 amide bonds. The van der Waals surface area contributed by atoms with E-state index in [2.05, 4.69) is 0 Å². The molecule has 1 saturated carbocycles. The highest BCUT2D eigenvalue weighted by atomic mass is 32.2. The van der Waals surface area contributed by atoms with Gasteiger partial charge in [-0.15, -0.1) is 0 Å².